The Morgan fingerprint density at radius 1 is 1.37 bits per heavy atom. The molecule has 104 valence electrons. The highest BCUT2D eigenvalue weighted by Gasteiger charge is 2.30. The van der Waals surface area contributed by atoms with Crippen LogP contribution in [-0.2, 0) is 13.0 Å². The van der Waals surface area contributed by atoms with Gasteiger partial charge in [-0.15, -0.1) is 0 Å². The zero-order chi connectivity index (χ0) is 13.4. The zero-order valence-corrected chi connectivity index (χ0v) is 13.3. The third-order valence-corrected chi connectivity index (χ3v) is 4.98. The molecule has 1 aromatic rings. The smallest absolute Gasteiger partial charge is 0.127 e. The molecule has 1 fully saturated rings. The average molecular weight is 324 g/mol. The quantitative estimate of drug-likeness (QED) is 0.907. The van der Waals surface area contributed by atoms with Crippen LogP contribution in [0.2, 0.25) is 0 Å². The molecule has 0 bridgehead atoms. The van der Waals surface area contributed by atoms with Gasteiger partial charge in [-0.3, -0.25) is 0 Å². The summed E-state index contributed by atoms with van der Waals surface area (Å²) in [6.07, 6.45) is 3.70. The number of hydrogen-bond donors (Lipinski definition) is 1. The second-order valence-electron chi connectivity index (χ2n) is 6.20. The molecule has 1 saturated carbocycles. The molecule has 0 spiro atoms. The molecule has 1 aliphatic heterocycles. The normalized spacial score (nSPS) is 25.1. The van der Waals surface area contributed by atoms with E-state index in [2.05, 4.69) is 47.2 Å². The first-order chi connectivity index (χ1) is 9.13. The van der Waals surface area contributed by atoms with Crippen LogP contribution in [0, 0.1) is 11.8 Å². The molecule has 0 atom stereocenters. The summed E-state index contributed by atoms with van der Waals surface area (Å²) in [5, 5.41) is 3.68. The lowest BCUT2D eigenvalue weighted by Crippen LogP contribution is -2.42. The summed E-state index contributed by atoms with van der Waals surface area (Å²) in [4.78, 5) is 0. The lowest BCUT2D eigenvalue weighted by molar-refractivity contribution is 0.167. The number of ether oxygens (including phenoxy) is 1. The highest BCUT2D eigenvalue weighted by molar-refractivity contribution is 9.10. The van der Waals surface area contributed by atoms with E-state index in [1.807, 2.05) is 0 Å². The third-order valence-electron chi connectivity index (χ3n) is 4.52. The Bertz CT molecular complexity index is 466. The summed E-state index contributed by atoms with van der Waals surface area (Å²) >= 11 is 3.60. The van der Waals surface area contributed by atoms with E-state index in [0.717, 1.165) is 37.2 Å². The molecule has 0 amide bonds. The van der Waals surface area contributed by atoms with Crippen molar-refractivity contribution in [3.05, 3.63) is 27.7 Å². The van der Waals surface area contributed by atoms with Crippen molar-refractivity contribution < 1.29 is 4.74 Å². The molecule has 1 N–H and O–H groups in total. The van der Waals surface area contributed by atoms with Crippen molar-refractivity contribution in [1.82, 2.24) is 5.32 Å². The first-order valence-electron chi connectivity index (χ1n) is 7.31. The molecule has 2 nitrogen and oxygen atoms in total. The van der Waals surface area contributed by atoms with Crippen LogP contribution >= 0.6 is 15.9 Å². The van der Waals surface area contributed by atoms with Crippen molar-refractivity contribution in [1.29, 1.82) is 0 Å². The predicted molar refractivity (Wildman–Crippen MR) is 81.5 cm³/mol. The van der Waals surface area contributed by atoms with Gasteiger partial charge in [0.1, 0.15) is 5.75 Å². The Labute approximate surface area is 124 Å². The van der Waals surface area contributed by atoms with E-state index < -0.39 is 0 Å². The minimum absolute atomic E-state index is 0.698. The van der Waals surface area contributed by atoms with Crippen LogP contribution in [-0.4, -0.2) is 12.6 Å². The molecule has 3 heteroatoms. The second-order valence-corrected chi connectivity index (χ2v) is 7.12. The maximum atomic E-state index is 5.77. The third kappa shape index (κ3) is 2.82. The van der Waals surface area contributed by atoms with E-state index in [0.29, 0.717) is 6.04 Å². The van der Waals surface area contributed by atoms with Crippen molar-refractivity contribution in [2.45, 2.75) is 45.7 Å². The molecule has 0 unspecified atom stereocenters. The maximum absolute atomic E-state index is 5.77. The maximum Gasteiger partial charge on any atom is 0.127 e. The Morgan fingerprint density at radius 3 is 2.89 bits per heavy atom. The van der Waals surface area contributed by atoms with Crippen LogP contribution in [0.3, 0.4) is 0 Å². The lowest BCUT2D eigenvalue weighted by Gasteiger charge is -2.38. The highest BCUT2D eigenvalue weighted by Crippen LogP contribution is 2.35. The molecule has 0 aromatic heterocycles. The van der Waals surface area contributed by atoms with Gasteiger partial charge in [-0.05, 0) is 42.4 Å². The summed E-state index contributed by atoms with van der Waals surface area (Å²) in [6.45, 7) is 6.42. The van der Waals surface area contributed by atoms with Crippen molar-refractivity contribution in [2.24, 2.45) is 11.8 Å². The van der Waals surface area contributed by atoms with E-state index in [4.69, 9.17) is 4.74 Å². The highest BCUT2D eigenvalue weighted by atomic mass is 79.9. The van der Waals surface area contributed by atoms with Crippen LogP contribution in [0.15, 0.2) is 16.6 Å². The topological polar surface area (TPSA) is 21.3 Å². The van der Waals surface area contributed by atoms with Gasteiger partial charge in [0.2, 0.25) is 0 Å². The van der Waals surface area contributed by atoms with E-state index in [-0.39, 0.29) is 0 Å². The van der Waals surface area contributed by atoms with Crippen LogP contribution in [0.25, 0.3) is 0 Å². The van der Waals surface area contributed by atoms with Crippen molar-refractivity contribution in [3.63, 3.8) is 0 Å². The fraction of sp³-hybridized carbons (Fsp3) is 0.625. The number of hydrogen-bond acceptors (Lipinski definition) is 2. The van der Waals surface area contributed by atoms with Crippen LogP contribution in [0.5, 0.6) is 5.75 Å². The van der Waals surface area contributed by atoms with Gasteiger partial charge in [0.15, 0.2) is 0 Å². The Balaban J connectivity index is 1.59. The largest absolute Gasteiger partial charge is 0.493 e. The van der Waals surface area contributed by atoms with Gasteiger partial charge < -0.3 is 10.1 Å². The van der Waals surface area contributed by atoms with E-state index >= 15 is 0 Å². The molecular weight excluding hydrogens is 302 g/mol. The van der Waals surface area contributed by atoms with Crippen LogP contribution in [0.1, 0.15) is 37.8 Å². The second kappa shape index (κ2) is 5.45. The standard InChI is InChI=1S/C16H22BrNO/c1-10(2)12-7-15(8-12)18-9-13-6-14(17)5-11-3-4-19-16(11)13/h5-6,10,12,15,18H,3-4,7-9H2,1-2H3. The molecule has 0 saturated heterocycles. The van der Waals surface area contributed by atoms with Gasteiger partial charge in [-0.25, -0.2) is 0 Å². The summed E-state index contributed by atoms with van der Waals surface area (Å²) in [7, 11) is 0. The molecule has 19 heavy (non-hydrogen) atoms. The minimum Gasteiger partial charge on any atom is -0.493 e. The van der Waals surface area contributed by atoms with Gasteiger partial charge in [0.25, 0.3) is 0 Å². The van der Waals surface area contributed by atoms with Gasteiger partial charge in [0.05, 0.1) is 6.61 Å². The lowest BCUT2D eigenvalue weighted by atomic mass is 9.73. The predicted octanol–water partition coefficient (Wildman–Crippen LogP) is 3.91. The minimum atomic E-state index is 0.698. The molecule has 1 heterocycles. The Hall–Kier alpha value is -0.540. The van der Waals surface area contributed by atoms with Crippen LogP contribution < -0.4 is 10.1 Å². The summed E-state index contributed by atoms with van der Waals surface area (Å²) in [5.74, 6) is 2.87. The number of halogens is 1. The van der Waals surface area contributed by atoms with Gasteiger partial charge in [-0.2, -0.15) is 0 Å². The number of benzene rings is 1. The number of nitrogens with one attached hydrogen (secondary N) is 1. The summed E-state index contributed by atoms with van der Waals surface area (Å²) in [5.41, 5.74) is 2.65. The zero-order valence-electron chi connectivity index (χ0n) is 11.7. The average Bonchev–Trinajstić information content (AvgIpc) is 2.73. The van der Waals surface area contributed by atoms with Crippen molar-refractivity contribution in [2.75, 3.05) is 6.61 Å². The molecule has 0 radical (unpaired) electrons. The van der Waals surface area contributed by atoms with Crippen molar-refractivity contribution in [3.8, 4) is 5.75 Å². The van der Waals surface area contributed by atoms with E-state index in [1.54, 1.807) is 0 Å². The van der Waals surface area contributed by atoms with Gasteiger partial charge in [-0.1, -0.05) is 29.8 Å². The SMILES string of the molecule is CC(C)C1CC(NCc2cc(Br)cc3c2OCC3)C1. The molecular formula is C16H22BrNO. The first kappa shape index (κ1) is 13.4. The van der Waals surface area contributed by atoms with Crippen molar-refractivity contribution >= 4 is 15.9 Å². The Kier molecular flexibility index (Phi) is 3.86. The molecule has 3 rings (SSSR count). The van der Waals surface area contributed by atoms with E-state index in [1.165, 1.54) is 28.4 Å². The molecule has 2 aliphatic rings. The molecule has 1 aromatic carbocycles. The number of fused-ring (bicyclic) bond motifs is 1. The number of rotatable bonds is 4. The van der Waals surface area contributed by atoms with E-state index in [9.17, 15) is 0 Å². The van der Waals surface area contributed by atoms with Gasteiger partial charge in [0, 0.05) is 29.0 Å². The molecule has 1 aliphatic carbocycles. The Morgan fingerprint density at radius 2 is 2.16 bits per heavy atom. The fourth-order valence-electron chi connectivity index (χ4n) is 3.10. The summed E-state index contributed by atoms with van der Waals surface area (Å²) in [6, 6.07) is 5.07. The van der Waals surface area contributed by atoms with Gasteiger partial charge >= 0.3 is 0 Å². The monoisotopic (exact) mass is 323 g/mol. The van der Waals surface area contributed by atoms with Crippen LogP contribution in [0.4, 0.5) is 0 Å². The first-order valence-corrected chi connectivity index (χ1v) is 8.10. The summed E-state index contributed by atoms with van der Waals surface area (Å²) < 4.78 is 6.94. The fourth-order valence-corrected chi connectivity index (χ4v) is 3.66.